The van der Waals surface area contributed by atoms with Crippen molar-refractivity contribution in [3.05, 3.63) is 46.1 Å². The Bertz CT molecular complexity index is 1010. The standard InChI is InChI=1S/C19H19N3O2S2/c1-10-12(3)26-19-17(10)18(20-13(4)21-19)25-9-16(24)22-15-7-5-6-14(8-15)11(2)23/h5-8H,9H2,1-4H3,(H,22,24). The number of hydrogen-bond donors (Lipinski definition) is 1. The lowest BCUT2D eigenvalue weighted by molar-refractivity contribution is -0.113. The Labute approximate surface area is 160 Å². The van der Waals surface area contributed by atoms with E-state index < -0.39 is 0 Å². The van der Waals surface area contributed by atoms with Gasteiger partial charge in [0.05, 0.1) is 5.75 Å². The molecule has 0 aliphatic rings. The molecule has 5 nitrogen and oxygen atoms in total. The van der Waals surface area contributed by atoms with Gasteiger partial charge in [0.15, 0.2) is 5.78 Å². The number of ketones is 1. The number of aromatic nitrogens is 2. The third-order valence-corrected chi connectivity index (χ3v) is 6.08. The molecular weight excluding hydrogens is 366 g/mol. The van der Waals surface area contributed by atoms with Crippen LogP contribution in [-0.4, -0.2) is 27.4 Å². The van der Waals surface area contributed by atoms with Gasteiger partial charge in [-0.15, -0.1) is 11.3 Å². The molecule has 0 radical (unpaired) electrons. The van der Waals surface area contributed by atoms with Gasteiger partial charge in [-0.3, -0.25) is 9.59 Å². The van der Waals surface area contributed by atoms with E-state index in [0.29, 0.717) is 17.1 Å². The predicted octanol–water partition coefficient (Wildman–Crippen LogP) is 4.55. The lowest BCUT2D eigenvalue weighted by Gasteiger charge is -2.07. The molecule has 2 heterocycles. The van der Waals surface area contributed by atoms with Crippen LogP contribution in [0.3, 0.4) is 0 Å². The summed E-state index contributed by atoms with van der Waals surface area (Å²) in [5.41, 5.74) is 2.37. The van der Waals surface area contributed by atoms with Crippen LogP contribution in [0.5, 0.6) is 0 Å². The van der Waals surface area contributed by atoms with Crippen LogP contribution in [0.15, 0.2) is 29.3 Å². The fraction of sp³-hybridized carbons (Fsp3) is 0.263. The number of Topliss-reactive ketones (excluding diaryl/α,β-unsaturated/α-hetero) is 1. The molecule has 0 saturated carbocycles. The molecule has 3 aromatic rings. The van der Waals surface area contributed by atoms with Crippen molar-refractivity contribution < 1.29 is 9.59 Å². The number of benzene rings is 1. The Hall–Kier alpha value is -2.25. The zero-order valence-corrected chi connectivity index (χ0v) is 16.7. The number of carbonyl (C=O) groups is 2. The monoisotopic (exact) mass is 385 g/mol. The number of nitrogens with one attached hydrogen (secondary N) is 1. The van der Waals surface area contributed by atoms with Crippen LogP contribution in [0.25, 0.3) is 10.2 Å². The van der Waals surface area contributed by atoms with Crippen molar-refractivity contribution in [3.8, 4) is 0 Å². The van der Waals surface area contributed by atoms with E-state index in [4.69, 9.17) is 0 Å². The number of carbonyl (C=O) groups excluding carboxylic acids is 2. The van der Waals surface area contributed by atoms with E-state index in [2.05, 4.69) is 29.1 Å². The minimum absolute atomic E-state index is 0.0300. The number of rotatable bonds is 5. The van der Waals surface area contributed by atoms with Gasteiger partial charge in [-0.25, -0.2) is 9.97 Å². The molecule has 2 aromatic heterocycles. The average molecular weight is 386 g/mol. The van der Waals surface area contributed by atoms with E-state index in [1.807, 2.05) is 6.92 Å². The topological polar surface area (TPSA) is 72.0 Å². The summed E-state index contributed by atoms with van der Waals surface area (Å²) in [6, 6.07) is 6.95. The smallest absolute Gasteiger partial charge is 0.234 e. The van der Waals surface area contributed by atoms with E-state index >= 15 is 0 Å². The normalized spacial score (nSPS) is 10.9. The fourth-order valence-electron chi connectivity index (χ4n) is 2.57. The van der Waals surface area contributed by atoms with Gasteiger partial charge in [0.2, 0.25) is 5.91 Å². The summed E-state index contributed by atoms with van der Waals surface area (Å²) in [4.78, 5) is 35.0. The Balaban J connectivity index is 1.75. The Kier molecular flexibility index (Phi) is 5.38. The molecule has 0 aliphatic heterocycles. The maximum atomic E-state index is 12.3. The summed E-state index contributed by atoms with van der Waals surface area (Å²) in [5, 5.41) is 4.71. The van der Waals surface area contributed by atoms with E-state index in [1.54, 1.807) is 35.6 Å². The zero-order valence-electron chi connectivity index (χ0n) is 15.0. The molecule has 0 saturated heterocycles. The van der Waals surface area contributed by atoms with Crippen LogP contribution in [0.4, 0.5) is 5.69 Å². The van der Waals surface area contributed by atoms with Crippen LogP contribution in [0, 0.1) is 20.8 Å². The van der Waals surface area contributed by atoms with Gasteiger partial charge in [-0.1, -0.05) is 23.9 Å². The molecule has 0 bridgehead atoms. The highest BCUT2D eigenvalue weighted by molar-refractivity contribution is 8.00. The molecule has 26 heavy (non-hydrogen) atoms. The Morgan fingerprint density at radius 2 is 1.96 bits per heavy atom. The molecular formula is C19H19N3O2S2. The first-order valence-corrected chi connectivity index (χ1v) is 9.93. The molecule has 0 aliphatic carbocycles. The van der Waals surface area contributed by atoms with Crippen molar-refractivity contribution in [2.24, 2.45) is 0 Å². The SMILES string of the molecule is CC(=O)c1cccc(NC(=O)CSc2nc(C)nc3sc(C)c(C)c23)c1. The highest BCUT2D eigenvalue weighted by Crippen LogP contribution is 2.35. The number of nitrogens with zero attached hydrogens (tertiary/aromatic N) is 2. The van der Waals surface area contributed by atoms with Gasteiger partial charge in [-0.05, 0) is 45.4 Å². The zero-order chi connectivity index (χ0) is 18.8. The fourth-order valence-corrected chi connectivity index (χ4v) is 4.64. The number of hydrogen-bond acceptors (Lipinski definition) is 6. The van der Waals surface area contributed by atoms with Crippen LogP contribution in [0.1, 0.15) is 33.5 Å². The van der Waals surface area contributed by atoms with Gasteiger partial charge in [0, 0.05) is 21.5 Å². The third-order valence-electron chi connectivity index (χ3n) is 4.00. The molecule has 1 amide bonds. The van der Waals surface area contributed by atoms with Crippen LogP contribution >= 0.6 is 23.1 Å². The Morgan fingerprint density at radius 1 is 1.19 bits per heavy atom. The summed E-state index contributed by atoms with van der Waals surface area (Å²) in [7, 11) is 0. The molecule has 1 aromatic carbocycles. The van der Waals surface area contributed by atoms with Crippen molar-refractivity contribution in [1.82, 2.24) is 9.97 Å². The third kappa shape index (κ3) is 3.94. The highest BCUT2D eigenvalue weighted by atomic mass is 32.2. The molecule has 0 atom stereocenters. The van der Waals surface area contributed by atoms with Crippen molar-refractivity contribution in [1.29, 1.82) is 0 Å². The van der Waals surface area contributed by atoms with E-state index in [0.717, 1.165) is 15.2 Å². The molecule has 3 rings (SSSR count). The van der Waals surface area contributed by atoms with Gasteiger partial charge < -0.3 is 5.32 Å². The second kappa shape index (κ2) is 7.55. The summed E-state index contributed by atoms with van der Waals surface area (Å²) in [6.45, 7) is 7.50. The number of thioether (sulfide) groups is 1. The number of fused-ring (bicyclic) bond motifs is 1. The van der Waals surface area contributed by atoms with Gasteiger partial charge in [-0.2, -0.15) is 0 Å². The second-order valence-electron chi connectivity index (χ2n) is 6.01. The maximum absolute atomic E-state index is 12.3. The summed E-state index contributed by atoms with van der Waals surface area (Å²) in [5.74, 6) is 0.780. The second-order valence-corrected chi connectivity index (χ2v) is 8.18. The average Bonchev–Trinajstić information content (AvgIpc) is 2.87. The number of anilines is 1. The molecule has 0 unspecified atom stereocenters. The lowest BCUT2D eigenvalue weighted by Crippen LogP contribution is -2.14. The summed E-state index contributed by atoms with van der Waals surface area (Å²) in [6.07, 6.45) is 0. The van der Waals surface area contributed by atoms with E-state index in [1.165, 1.54) is 29.1 Å². The Morgan fingerprint density at radius 3 is 2.69 bits per heavy atom. The van der Waals surface area contributed by atoms with Gasteiger partial charge in [0.1, 0.15) is 15.7 Å². The quantitative estimate of drug-likeness (QED) is 0.396. The molecule has 134 valence electrons. The first-order valence-electron chi connectivity index (χ1n) is 8.13. The van der Waals surface area contributed by atoms with Crippen LogP contribution in [0.2, 0.25) is 0 Å². The number of amides is 1. The summed E-state index contributed by atoms with van der Waals surface area (Å²) < 4.78 is 0. The minimum Gasteiger partial charge on any atom is -0.325 e. The molecule has 0 spiro atoms. The predicted molar refractivity (Wildman–Crippen MR) is 107 cm³/mol. The van der Waals surface area contributed by atoms with E-state index in [9.17, 15) is 9.59 Å². The molecule has 1 N–H and O–H groups in total. The largest absolute Gasteiger partial charge is 0.325 e. The van der Waals surface area contributed by atoms with Gasteiger partial charge in [0.25, 0.3) is 0 Å². The summed E-state index contributed by atoms with van der Waals surface area (Å²) >= 11 is 3.06. The number of thiophene rings is 1. The van der Waals surface area contributed by atoms with Crippen molar-refractivity contribution >= 4 is 50.7 Å². The van der Waals surface area contributed by atoms with Gasteiger partial charge >= 0.3 is 0 Å². The number of aryl methyl sites for hydroxylation is 3. The molecule has 7 heteroatoms. The first-order chi connectivity index (χ1) is 12.3. The maximum Gasteiger partial charge on any atom is 0.234 e. The minimum atomic E-state index is -0.135. The van der Waals surface area contributed by atoms with Crippen molar-refractivity contribution in [2.75, 3.05) is 11.1 Å². The highest BCUT2D eigenvalue weighted by Gasteiger charge is 2.15. The lowest BCUT2D eigenvalue weighted by atomic mass is 10.1. The van der Waals surface area contributed by atoms with Crippen LogP contribution in [-0.2, 0) is 4.79 Å². The van der Waals surface area contributed by atoms with Crippen LogP contribution < -0.4 is 5.32 Å². The van der Waals surface area contributed by atoms with E-state index in [-0.39, 0.29) is 17.4 Å². The molecule has 0 fully saturated rings. The first kappa shape index (κ1) is 18.5. The van der Waals surface area contributed by atoms with Crippen molar-refractivity contribution in [2.45, 2.75) is 32.7 Å². The van der Waals surface area contributed by atoms with Crippen molar-refractivity contribution in [3.63, 3.8) is 0 Å².